The van der Waals surface area contributed by atoms with Crippen molar-refractivity contribution in [3.05, 3.63) is 0 Å². The van der Waals surface area contributed by atoms with Crippen LogP contribution in [0.15, 0.2) is 0 Å². The molecule has 0 radical (unpaired) electrons. The summed E-state index contributed by atoms with van der Waals surface area (Å²) in [6.07, 6.45) is 0.716. The molecule has 0 bridgehead atoms. The van der Waals surface area contributed by atoms with Crippen molar-refractivity contribution >= 4 is 94.6 Å². The second-order valence-corrected chi connectivity index (χ2v) is 19.3. The normalized spacial score (nSPS) is 10.5. The fourth-order valence-electron chi connectivity index (χ4n) is 5.94. The average Bonchev–Trinajstić information content (AvgIpc) is 3.35. The first-order chi connectivity index (χ1) is 36.5. The first-order valence-electron chi connectivity index (χ1n) is 24.6. The molecule has 0 heterocycles. The number of imide groups is 2. The molecule has 31 nitrogen and oxygen atoms in total. The van der Waals surface area contributed by atoms with Gasteiger partial charge in [0.25, 0.3) is 5.91 Å². The lowest BCUT2D eigenvalue weighted by atomic mass is 10.0. The number of urea groups is 2. The van der Waals surface area contributed by atoms with Gasteiger partial charge in [-0.25, -0.2) is 15.0 Å². The zero-order valence-corrected chi connectivity index (χ0v) is 47.6. The summed E-state index contributed by atoms with van der Waals surface area (Å²) in [5.74, 6) is -9.64. The van der Waals surface area contributed by atoms with E-state index in [0.29, 0.717) is 6.42 Å². The molecular formula is C47H78FN15O16. The van der Waals surface area contributed by atoms with Gasteiger partial charge in [0.1, 0.15) is 12.3 Å². The maximum atomic E-state index is 14.1. The molecule has 0 unspecified atom stereocenters. The van der Waals surface area contributed by atoms with Crippen LogP contribution in [0.5, 0.6) is 0 Å². The van der Waals surface area contributed by atoms with Crippen LogP contribution in [0.2, 0.25) is 0 Å². The third-order valence-corrected chi connectivity index (χ3v) is 11.5. The monoisotopic (exact) mass is 1130 g/mol. The fourth-order valence-corrected chi connectivity index (χ4v) is 5.94. The van der Waals surface area contributed by atoms with Gasteiger partial charge in [-0.05, 0) is 6.42 Å². The lowest BCUT2D eigenvalue weighted by Crippen LogP contribution is -2.53. The van der Waals surface area contributed by atoms with Crippen LogP contribution in [0.1, 0.15) is 53.4 Å². The minimum absolute atomic E-state index is 0.0265. The third-order valence-electron chi connectivity index (χ3n) is 11.5. The predicted octanol–water partition coefficient (Wildman–Crippen LogP) is -4.71. The van der Waals surface area contributed by atoms with E-state index in [1.807, 2.05) is 0 Å². The highest BCUT2D eigenvalue weighted by Crippen LogP contribution is 2.05. The Bertz CT molecular complexity index is 2280. The van der Waals surface area contributed by atoms with Gasteiger partial charge < -0.3 is 54.3 Å². The van der Waals surface area contributed by atoms with E-state index in [9.17, 15) is 81.2 Å². The summed E-state index contributed by atoms with van der Waals surface area (Å²) >= 11 is 0. The molecular weight excluding hydrogens is 1050 g/mol. The zero-order chi connectivity index (χ0) is 61.2. The Hall–Kier alpha value is -8.35. The summed E-state index contributed by atoms with van der Waals surface area (Å²) in [5.41, 5.74) is 1.48. The number of carbonyl (C=O) groups is 16. The largest absolute Gasteiger partial charge is 0.373 e. The van der Waals surface area contributed by atoms with Crippen molar-refractivity contribution in [1.29, 1.82) is 0 Å². The molecule has 0 aliphatic rings. The van der Waals surface area contributed by atoms with Crippen molar-refractivity contribution in [2.24, 2.45) is 11.8 Å². The molecule has 0 fully saturated rings. The SMILES string of the molecule is CC(C)C(=O)CCCC(=O)NCCC(=O)N(C)CC(=O)N(C)CC(=O)N(C)CC(=O)N(C)CC(=O)N(C)CC(=O)N(C)CC(=O)N(C)CC(=O)N(C)CC(=O)N(C)CC(=O)N(C)CC(=O)NN(F)C(=O)NC(=O)NC(=O)C(C)C. The second-order valence-electron chi connectivity index (χ2n) is 19.3. The number of hydrazine groups is 1. The van der Waals surface area contributed by atoms with E-state index in [4.69, 9.17) is 0 Å². The van der Waals surface area contributed by atoms with E-state index in [0.717, 1.165) is 56.0 Å². The van der Waals surface area contributed by atoms with Crippen LogP contribution in [-0.2, 0) is 67.1 Å². The van der Waals surface area contributed by atoms with Gasteiger partial charge in [-0.3, -0.25) is 77.8 Å². The van der Waals surface area contributed by atoms with E-state index in [1.54, 1.807) is 19.2 Å². The topological polar surface area (TPSA) is 357 Å². The number of rotatable bonds is 29. The maximum absolute atomic E-state index is 14.1. The summed E-state index contributed by atoms with van der Waals surface area (Å²) in [7, 11) is 12.7. The minimum atomic E-state index is -1.76. The number of ketones is 1. The van der Waals surface area contributed by atoms with Crippen LogP contribution in [-0.4, -0.2) is 291 Å². The van der Waals surface area contributed by atoms with Crippen LogP contribution < -0.4 is 21.4 Å². The number of hydrogen-bond donors (Lipinski definition) is 4. The third kappa shape index (κ3) is 27.5. The van der Waals surface area contributed by atoms with Crippen LogP contribution in [0.25, 0.3) is 0 Å². The number of hydrogen-bond acceptors (Lipinski definition) is 16. The van der Waals surface area contributed by atoms with E-state index in [2.05, 4.69) is 5.32 Å². The standard InChI is InChI=1S/C47H78FN15O16/c1-30(2)32(64)16-15-17-33(65)49-19-18-35(67)54(6)21-37(69)56(8)23-39(71)58(10)25-41(73)60(12)27-43(75)62(14)29-44(76)61(13)28-42(74)59(11)26-40(72)57(9)24-38(70)55(7)22-36(68)53(5)20-34(66)52-63(48)47(79)51-46(78)50-45(77)31(3)4/h30-31H,15-29H2,1-14H3,(H,49,65)(H,52,66)(H2,50,51,77,78,79). The van der Waals surface area contributed by atoms with Crippen LogP contribution in [0.4, 0.5) is 14.1 Å². The molecule has 0 atom stereocenters. The Kier molecular flexibility index (Phi) is 30.8. The van der Waals surface area contributed by atoms with E-state index in [-0.39, 0.29) is 50.0 Å². The Labute approximate surface area is 458 Å². The Morgan fingerprint density at radius 1 is 0.354 bits per heavy atom. The van der Waals surface area contributed by atoms with Crippen LogP contribution >= 0.6 is 0 Å². The lowest BCUT2D eigenvalue weighted by molar-refractivity contribution is -0.146. The first kappa shape index (κ1) is 70.6. The minimum Gasteiger partial charge on any atom is -0.356 e. The molecule has 0 rings (SSSR count). The number of nitrogens with one attached hydrogen (secondary N) is 4. The van der Waals surface area contributed by atoms with Crippen molar-refractivity contribution in [1.82, 2.24) is 75.6 Å². The summed E-state index contributed by atoms with van der Waals surface area (Å²) in [6.45, 7) is 1.11. The van der Waals surface area contributed by atoms with Gasteiger partial charge in [0.05, 0.1) is 58.9 Å². The number of halogens is 1. The average molecular weight is 1130 g/mol. The van der Waals surface area contributed by atoms with Crippen LogP contribution in [0, 0.1) is 11.8 Å². The van der Waals surface area contributed by atoms with Crippen molar-refractivity contribution < 1.29 is 81.2 Å². The van der Waals surface area contributed by atoms with E-state index < -0.39 is 153 Å². The quantitative estimate of drug-likeness (QED) is 0.0404. The molecule has 32 heteroatoms. The van der Waals surface area contributed by atoms with E-state index >= 15 is 0 Å². The lowest BCUT2D eigenvalue weighted by Gasteiger charge is -2.27. The van der Waals surface area contributed by atoms with Gasteiger partial charge in [0.2, 0.25) is 70.9 Å². The number of Topliss-reactive ketones (excluding diaryl/α,β-unsaturated/α-hetero) is 1. The molecule has 0 aromatic heterocycles. The molecule has 79 heavy (non-hydrogen) atoms. The summed E-state index contributed by atoms with van der Waals surface area (Å²) in [6, 6.07) is -3.11. The Morgan fingerprint density at radius 2 is 0.646 bits per heavy atom. The van der Waals surface area contributed by atoms with Gasteiger partial charge >= 0.3 is 12.1 Å². The highest BCUT2D eigenvalue weighted by atomic mass is 19.2. The van der Waals surface area contributed by atoms with Gasteiger partial charge in [0.15, 0.2) is 0 Å². The highest BCUT2D eigenvalue weighted by Gasteiger charge is 2.28. The zero-order valence-electron chi connectivity index (χ0n) is 47.6. The molecule has 0 aliphatic heterocycles. The molecule has 444 valence electrons. The summed E-state index contributed by atoms with van der Waals surface area (Å²) < 4.78 is 14.1. The number of carbonyl (C=O) groups excluding carboxylic acids is 16. The summed E-state index contributed by atoms with van der Waals surface area (Å²) in [5, 5.41) is 4.97. The molecule has 0 saturated carbocycles. The molecule has 0 aromatic rings. The number of nitrogens with zero attached hydrogens (tertiary/aromatic N) is 11. The van der Waals surface area contributed by atoms with Gasteiger partial charge in [-0.2, -0.15) is 0 Å². The van der Waals surface area contributed by atoms with Crippen molar-refractivity contribution in [2.45, 2.75) is 53.4 Å². The van der Waals surface area contributed by atoms with Gasteiger partial charge in [0, 0.05) is 108 Å². The van der Waals surface area contributed by atoms with Gasteiger partial charge in [-0.1, -0.05) is 37.4 Å². The molecule has 17 amide bonds. The molecule has 0 aromatic carbocycles. The molecule has 0 spiro atoms. The molecule has 0 aliphatic carbocycles. The van der Waals surface area contributed by atoms with Gasteiger partial charge in [-0.15, -0.1) is 0 Å². The van der Waals surface area contributed by atoms with Crippen molar-refractivity contribution in [2.75, 3.05) is 142 Å². The van der Waals surface area contributed by atoms with Crippen molar-refractivity contribution in [3.63, 3.8) is 0 Å². The summed E-state index contributed by atoms with van der Waals surface area (Å²) in [4.78, 5) is 209. The number of likely N-dealkylation sites (N-methyl/N-ethyl adjacent to an activating group) is 10. The first-order valence-corrected chi connectivity index (χ1v) is 24.6. The van der Waals surface area contributed by atoms with Crippen LogP contribution in [0.3, 0.4) is 0 Å². The van der Waals surface area contributed by atoms with Crippen molar-refractivity contribution in [3.8, 4) is 0 Å². The molecule has 0 saturated heterocycles. The number of amides is 17. The predicted molar refractivity (Wildman–Crippen MR) is 276 cm³/mol. The Morgan fingerprint density at radius 3 is 0.937 bits per heavy atom. The highest BCUT2D eigenvalue weighted by molar-refractivity contribution is 6.02. The maximum Gasteiger partial charge on any atom is 0.373 e. The smallest absolute Gasteiger partial charge is 0.356 e. The van der Waals surface area contributed by atoms with E-state index in [1.165, 1.54) is 88.0 Å². The fraction of sp³-hybridized carbons (Fsp3) is 0.660. The molecule has 4 N–H and O–H groups in total. The second kappa shape index (κ2) is 34.4. The Balaban J connectivity index is 4.88.